The molecule has 3 nitrogen and oxygen atoms in total. The number of amides is 1. The van der Waals surface area contributed by atoms with Gasteiger partial charge in [0.25, 0.3) is 5.91 Å². The fourth-order valence-corrected chi connectivity index (χ4v) is 2.59. The van der Waals surface area contributed by atoms with Gasteiger partial charge in [-0.05, 0) is 36.1 Å². The molecule has 1 amide bonds. The molecule has 120 valence electrons. The quantitative estimate of drug-likeness (QED) is 0.587. The van der Waals surface area contributed by atoms with E-state index in [1.54, 1.807) is 12.1 Å². The standard InChI is InChI=1S/C18H18Cl2N2O/c1-12(2)10-17(13-6-4-3-5-7-13)21-22-18(23)15-9-8-14(19)11-16(15)20/h3-9,11-12H,10H2,1-2H3,(H,22,23)/b21-17+. The van der Waals surface area contributed by atoms with Gasteiger partial charge in [0.1, 0.15) is 0 Å². The van der Waals surface area contributed by atoms with E-state index in [-0.39, 0.29) is 5.91 Å². The smallest absolute Gasteiger partial charge is 0.267 e. The van der Waals surface area contributed by atoms with Crippen LogP contribution in [0.15, 0.2) is 53.6 Å². The Labute approximate surface area is 146 Å². The van der Waals surface area contributed by atoms with E-state index in [2.05, 4.69) is 24.4 Å². The Hall–Kier alpha value is -1.84. The number of nitrogens with zero attached hydrogens (tertiary/aromatic N) is 1. The molecule has 2 aromatic carbocycles. The van der Waals surface area contributed by atoms with Gasteiger partial charge in [0, 0.05) is 5.02 Å². The summed E-state index contributed by atoms with van der Waals surface area (Å²) >= 11 is 11.9. The Morgan fingerprint density at radius 1 is 1.13 bits per heavy atom. The van der Waals surface area contributed by atoms with Crippen molar-refractivity contribution in [1.29, 1.82) is 0 Å². The van der Waals surface area contributed by atoms with E-state index in [4.69, 9.17) is 23.2 Å². The number of benzene rings is 2. The topological polar surface area (TPSA) is 41.5 Å². The monoisotopic (exact) mass is 348 g/mol. The molecule has 0 radical (unpaired) electrons. The van der Waals surface area contributed by atoms with Crippen LogP contribution in [-0.4, -0.2) is 11.6 Å². The molecule has 0 saturated carbocycles. The molecule has 0 aromatic heterocycles. The lowest BCUT2D eigenvalue weighted by Gasteiger charge is -2.10. The summed E-state index contributed by atoms with van der Waals surface area (Å²) in [6.45, 7) is 4.21. The van der Waals surface area contributed by atoms with Gasteiger partial charge in [-0.3, -0.25) is 4.79 Å². The number of carbonyl (C=O) groups excluding carboxylic acids is 1. The Morgan fingerprint density at radius 2 is 1.83 bits per heavy atom. The second kappa shape index (κ2) is 8.14. The first-order valence-corrected chi connectivity index (χ1v) is 8.10. The fourth-order valence-electron chi connectivity index (χ4n) is 2.10. The number of rotatable bonds is 5. The Kier molecular flexibility index (Phi) is 6.20. The number of hydrogen-bond donors (Lipinski definition) is 1. The van der Waals surface area contributed by atoms with Crippen LogP contribution in [-0.2, 0) is 0 Å². The Bertz CT molecular complexity index is 712. The number of halogens is 2. The number of nitrogens with one attached hydrogen (secondary N) is 1. The normalized spacial score (nSPS) is 11.6. The molecule has 0 fully saturated rings. The molecule has 0 aliphatic heterocycles. The van der Waals surface area contributed by atoms with E-state index in [9.17, 15) is 4.79 Å². The van der Waals surface area contributed by atoms with Crippen molar-refractivity contribution in [2.45, 2.75) is 20.3 Å². The third-order valence-electron chi connectivity index (χ3n) is 3.18. The van der Waals surface area contributed by atoms with Gasteiger partial charge in [0.05, 0.1) is 16.3 Å². The van der Waals surface area contributed by atoms with Gasteiger partial charge < -0.3 is 0 Å². The van der Waals surface area contributed by atoms with E-state index in [0.717, 1.165) is 17.7 Å². The molecule has 2 aromatic rings. The highest BCUT2D eigenvalue weighted by Gasteiger charge is 2.12. The van der Waals surface area contributed by atoms with Crippen LogP contribution in [0.2, 0.25) is 10.0 Å². The van der Waals surface area contributed by atoms with Crippen LogP contribution in [0, 0.1) is 5.92 Å². The summed E-state index contributed by atoms with van der Waals surface area (Å²) in [5.41, 5.74) is 4.75. The van der Waals surface area contributed by atoms with Crippen molar-refractivity contribution in [2.24, 2.45) is 11.0 Å². The number of hydrogen-bond acceptors (Lipinski definition) is 2. The van der Waals surface area contributed by atoms with Gasteiger partial charge >= 0.3 is 0 Å². The first-order valence-electron chi connectivity index (χ1n) is 7.34. The minimum Gasteiger partial charge on any atom is -0.267 e. The summed E-state index contributed by atoms with van der Waals surface area (Å²) < 4.78 is 0. The molecular formula is C18H18Cl2N2O. The lowest BCUT2D eigenvalue weighted by molar-refractivity contribution is 0.0955. The predicted octanol–water partition coefficient (Wildman–Crippen LogP) is 5.17. The maximum absolute atomic E-state index is 12.3. The van der Waals surface area contributed by atoms with Crippen LogP contribution in [0.4, 0.5) is 0 Å². The summed E-state index contributed by atoms with van der Waals surface area (Å²) in [7, 11) is 0. The molecule has 0 heterocycles. The summed E-state index contributed by atoms with van der Waals surface area (Å²) in [5, 5.41) is 5.09. The highest BCUT2D eigenvalue weighted by molar-refractivity contribution is 6.36. The second-order valence-electron chi connectivity index (χ2n) is 5.59. The lowest BCUT2D eigenvalue weighted by Crippen LogP contribution is -2.21. The largest absolute Gasteiger partial charge is 0.272 e. The zero-order valence-corrected chi connectivity index (χ0v) is 14.5. The van der Waals surface area contributed by atoms with Crippen LogP contribution >= 0.6 is 23.2 Å². The van der Waals surface area contributed by atoms with Crippen LogP contribution in [0.25, 0.3) is 0 Å². The summed E-state index contributed by atoms with van der Waals surface area (Å²) in [4.78, 5) is 12.3. The van der Waals surface area contributed by atoms with Crippen LogP contribution < -0.4 is 5.43 Å². The first-order chi connectivity index (χ1) is 11.0. The Balaban J connectivity index is 2.21. The highest BCUT2D eigenvalue weighted by Crippen LogP contribution is 2.21. The van der Waals surface area contributed by atoms with Crippen LogP contribution in [0.1, 0.15) is 36.2 Å². The molecule has 0 bridgehead atoms. The molecule has 1 N–H and O–H groups in total. The fraction of sp³-hybridized carbons (Fsp3) is 0.222. The SMILES string of the molecule is CC(C)C/C(=N\NC(=O)c1ccc(Cl)cc1Cl)c1ccccc1. The van der Waals surface area contributed by atoms with Crippen molar-refractivity contribution in [3.05, 3.63) is 69.7 Å². The van der Waals surface area contributed by atoms with Gasteiger partial charge in [-0.1, -0.05) is 67.4 Å². The third kappa shape index (κ3) is 5.08. The summed E-state index contributed by atoms with van der Waals surface area (Å²) in [5.74, 6) is 0.0637. The van der Waals surface area contributed by atoms with Gasteiger partial charge in [0.2, 0.25) is 0 Å². The molecule has 0 aliphatic rings. The maximum Gasteiger partial charge on any atom is 0.272 e. The van der Waals surface area contributed by atoms with Crippen molar-refractivity contribution in [2.75, 3.05) is 0 Å². The van der Waals surface area contributed by atoms with Crippen molar-refractivity contribution in [3.63, 3.8) is 0 Å². The van der Waals surface area contributed by atoms with E-state index < -0.39 is 0 Å². The highest BCUT2D eigenvalue weighted by atomic mass is 35.5. The minimum absolute atomic E-state index is 0.301. The van der Waals surface area contributed by atoms with Gasteiger partial charge in [-0.25, -0.2) is 5.43 Å². The predicted molar refractivity (Wildman–Crippen MR) is 96.4 cm³/mol. The molecule has 0 saturated heterocycles. The molecule has 0 aliphatic carbocycles. The molecule has 2 rings (SSSR count). The minimum atomic E-state index is -0.358. The van der Waals surface area contributed by atoms with Crippen LogP contribution in [0.5, 0.6) is 0 Å². The average molecular weight is 349 g/mol. The molecule has 23 heavy (non-hydrogen) atoms. The number of hydrazone groups is 1. The molecular weight excluding hydrogens is 331 g/mol. The molecule has 0 unspecified atom stereocenters. The van der Waals surface area contributed by atoms with E-state index in [1.165, 1.54) is 6.07 Å². The molecule has 5 heteroatoms. The summed E-state index contributed by atoms with van der Waals surface area (Å²) in [6, 6.07) is 14.5. The zero-order chi connectivity index (χ0) is 16.8. The third-order valence-corrected chi connectivity index (χ3v) is 3.72. The lowest BCUT2D eigenvalue weighted by atomic mass is 10.0. The number of carbonyl (C=O) groups is 1. The van der Waals surface area contributed by atoms with Crippen molar-refractivity contribution >= 4 is 34.8 Å². The van der Waals surface area contributed by atoms with Crippen molar-refractivity contribution < 1.29 is 4.79 Å². The van der Waals surface area contributed by atoms with Gasteiger partial charge in [0.15, 0.2) is 0 Å². The zero-order valence-electron chi connectivity index (χ0n) is 13.0. The van der Waals surface area contributed by atoms with Crippen molar-refractivity contribution in [3.8, 4) is 0 Å². The first kappa shape index (κ1) is 17.5. The second-order valence-corrected chi connectivity index (χ2v) is 6.43. The maximum atomic E-state index is 12.3. The Morgan fingerprint density at radius 3 is 2.43 bits per heavy atom. The van der Waals surface area contributed by atoms with Crippen LogP contribution in [0.3, 0.4) is 0 Å². The van der Waals surface area contributed by atoms with E-state index >= 15 is 0 Å². The van der Waals surface area contributed by atoms with Crippen molar-refractivity contribution in [1.82, 2.24) is 5.43 Å². The van der Waals surface area contributed by atoms with E-state index in [1.807, 2.05) is 30.3 Å². The van der Waals surface area contributed by atoms with Gasteiger partial charge in [-0.2, -0.15) is 5.10 Å². The van der Waals surface area contributed by atoms with Gasteiger partial charge in [-0.15, -0.1) is 0 Å². The molecule has 0 atom stereocenters. The average Bonchev–Trinajstić information content (AvgIpc) is 2.51. The van der Waals surface area contributed by atoms with E-state index in [0.29, 0.717) is 21.5 Å². The summed E-state index contributed by atoms with van der Waals surface area (Å²) in [6.07, 6.45) is 0.763. The molecule has 0 spiro atoms.